The van der Waals surface area contributed by atoms with Crippen LogP contribution in [0.25, 0.3) is 0 Å². The third-order valence-electron chi connectivity index (χ3n) is 3.64. The van der Waals surface area contributed by atoms with Crippen molar-refractivity contribution in [3.05, 3.63) is 33.8 Å². The van der Waals surface area contributed by atoms with E-state index in [9.17, 15) is 9.90 Å². The van der Waals surface area contributed by atoms with Crippen LogP contribution in [0.4, 0.5) is 0 Å². The molecule has 2 atom stereocenters. The van der Waals surface area contributed by atoms with E-state index in [0.717, 1.165) is 5.56 Å². The van der Waals surface area contributed by atoms with Crippen molar-refractivity contribution in [1.29, 1.82) is 0 Å². The van der Waals surface area contributed by atoms with Gasteiger partial charge in [0, 0.05) is 16.7 Å². The van der Waals surface area contributed by atoms with Gasteiger partial charge >= 0.3 is 5.97 Å². The van der Waals surface area contributed by atoms with E-state index in [4.69, 9.17) is 27.9 Å². The van der Waals surface area contributed by atoms with Crippen LogP contribution in [0.5, 0.6) is 0 Å². The van der Waals surface area contributed by atoms with Gasteiger partial charge in [0.2, 0.25) is 0 Å². The number of halogens is 2. The Hall–Kier alpha value is -0.770. The Balaban J connectivity index is 2.32. The fourth-order valence-electron chi connectivity index (χ4n) is 2.37. The lowest BCUT2D eigenvalue weighted by Crippen LogP contribution is -2.39. The van der Waals surface area contributed by atoms with E-state index in [1.54, 1.807) is 25.1 Å². The van der Waals surface area contributed by atoms with Gasteiger partial charge in [0.25, 0.3) is 0 Å². The van der Waals surface area contributed by atoms with Crippen molar-refractivity contribution in [3.8, 4) is 0 Å². The minimum absolute atomic E-state index is 0.318. The SMILES string of the molecule is CC1OCCC1(Cc1ccc(Cl)cc1Cl)C(=O)O. The smallest absolute Gasteiger partial charge is 0.312 e. The third-order valence-corrected chi connectivity index (χ3v) is 4.23. The zero-order chi connectivity index (χ0) is 13.3. The molecule has 0 aromatic heterocycles. The second kappa shape index (κ2) is 5.08. The third kappa shape index (κ3) is 2.35. The summed E-state index contributed by atoms with van der Waals surface area (Å²) in [6.07, 6.45) is 0.545. The molecule has 0 saturated carbocycles. The number of hydrogen-bond donors (Lipinski definition) is 1. The maximum absolute atomic E-state index is 11.6. The lowest BCUT2D eigenvalue weighted by atomic mass is 9.76. The standard InChI is InChI=1S/C13H14Cl2O3/c1-8-13(12(16)17,4-5-18-8)7-9-2-3-10(14)6-11(9)15/h2-3,6,8H,4-5,7H2,1H3,(H,16,17). The summed E-state index contributed by atoms with van der Waals surface area (Å²) < 4.78 is 5.42. The number of hydrogen-bond acceptors (Lipinski definition) is 2. The molecular formula is C13H14Cl2O3. The first-order valence-corrected chi connectivity index (χ1v) is 6.50. The second-order valence-electron chi connectivity index (χ2n) is 4.64. The van der Waals surface area contributed by atoms with Crippen LogP contribution in [-0.4, -0.2) is 23.8 Å². The van der Waals surface area contributed by atoms with Crippen molar-refractivity contribution in [2.75, 3.05) is 6.61 Å². The summed E-state index contributed by atoms with van der Waals surface area (Å²) in [5, 5.41) is 10.5. The highest BCUT2D eigenvalue weighted by molar-refractivity contribution is 6.35. The molecule has 18 heavy (non-hydrogen) atoms. The zero-order valence-corrected chi connectivity index (χ0v) is 11.5. The maximum Gasteiger partial charge on any atom is 0.312 e. The number of ether oxygens (including phenoxy) is 1. The van der Waals surface area contributed by atoms with Crippen LogP contribution in [0, 0.1) is 5.41 Å². The van der Waals surface area contributed by atoms with Crippen LogP contribution in [0.15, 0.2) is 18.2 Å². The maximum atomic E-state index is 11.6. The van der Waals surface area contributed by atoms with E-state index in [1.807, 2.05) is 0 Å². The highest BCUT2D eigenvalue weighted by atomic mass is 35.5. The highest BCUT2D eigenvalue weighted by Gasteiger charge is 2.48. The lowest BCUT2D eigenvalue weighted by Gasteiger charge is -2.27. The molecular weight excluding hydrogens is 275 g/mol. The van der Waals surface area contributed by atoms with E-state index >= 15 is 0 Å². The fraction of sp³-hybridized carbons (Fsp3) is 0.462. The van der Waals surface area contributed by atoms with Crippen LogP contribution in [-0.2, 0) is 16.0 Å². The van der Waals surface area contributed by atoms with Crippen molar-refractivity contribution >= 4 is 29.2 Å². The summed E-state index contributed by atoms with van der Waals surface area (Å²) in [5.41, 5.74) is -0.0990. The van der Waals surface area contributed by atoms with Crippen LogP contribution in [0.3, 0.4) is 0 Å². The fourth-order valence-corrected chi connectivity index (χ4v) is 2.85. The topological polar surface area (TPSA) is 46.5 Å². The van der Waals surface area contributed by atoms with E-state index in [0.29, 0.717) is 29.5 Å². The number of benzene rings is 1. The molecule has 3 nitrogen and oxygen atoms in total. The number of carbonyl (C=O) groups is 1. The molecule has 0 radical (unpaired) electrons. The molecule has 1 saturated heterocycles. The summed E-state index contributed by atoms with van der Waals surface area (Å²) in [4.78, 5) is 11.6. The van der Waals surface area contributed by atoms with Crippen molar-refractivity contribution in [2.24, 2.45) is 5.41 Å². The van der Waals surface area contributed by atoms with Gasteiger partial charge in [-0.2, -0.15) is 0 Å². The van der Waals surface area contributed by atoms with Crippen LogP contribution < -0.4 is 0 Å². The van der Waals surface area contributed by atoms with Crippen molar-refractivity contribution in [1.82, 2.24) is 0 Å². The van der Waals surface area contributed by atoms with Gasteiger partial charge in [-0.1, -0.05) is 29.3 Å². The minimum Gasteiger partial charge on any atom is -0.481 e. The Morgan fingerprint density at radius 1 is 1.56 bits per heavy atom. The first kappa shape index (κ1) is 13.7. The van der Waals surface area contributed by atoms with Gasteiger partial charge in [-0.15, -0.1) is 0 Å². The minimum atomic E-state index is -0.891. The Bertz CT molecular complexity index is 475. The quantitative estimate of drug-likeness (QED) is 0.927. The molecule has 1 fully saturated rings. The lowest BCUT2D eigenvalue weighted by molar-refractivity contribution is -0.151. The molecule has 1 heterocycles. The number of rotatable bonds is 3. The molecule has 1 aliphatic rings. The molecule has 0 amide bonds. The predicted octanol–water partition coefficient (Wildman–Crippen LogP) is 3.42. The zero-order valence-electron chi connectivity index (χ0n) is 9.95. The number of aliphatic carboxylic acids is 1. The summed E-state index contributed by atoms with van der Waals surface area (Å²) in [5.74, 6) is -0.835. The Morgan fingerprint density at radius 2 is 2.28 bits per heavy atom. The monoisotopic (exact) mass is 288 g/mol. The molecule has 1 aromatic carbocycles. The van der Waals surface area contributed by atoms with Crippen molar-refractivity contribution < 1.29 is 14.6 Å². The number of carboxylic acid groups (broad SMARTS) is 1. The summed E-state index contributed by atoms with van der Waals surface area (Å²) in [7, 11) is 0. The number of carboxylic acids is 1. The van der Waals surface area contributed by atoms with Gasteiger partial charge in [0.1, 0.15) is 0 Å². The summed E-state index contributed by atoms with van der Waals surface area (Å²) in [6, 6.07) is 5.13. The van der Waals surface area contributed by atoms with E-state index in [1.165, 1.54) is 0 Å². The van der Waals surface area contributed by atoms with Crippen LogP contribution >= 0.6 is 23.2 Å². The van der Waals surface area contributed by atoms with E-state index in [2.05, 4.69) is 0 Å². The van der Waals surface area contributed by atoms with Gasteiger partial charge in [-0.25, -0.2) is 0 Å². The van der Waals surface area contributed by atoms with Crippen LogP contribution in [0.1, 0.15) is 18.9 Å². The van der Waals surface area contributed by atoms with Gasteiger partial charge in [-0.05, 0) is 37.5 Å². The molecule has 1 aromatic rings. The molecule has 1 N–H and O–H groups in total. The first-order chi connectivity index (χ1) is 8.45. The average molecular weight is 289 g/mol. The van der Waals surface area contributed by atoms with Gasteiger partial charge in [0.15, 0.2) is 0 Å². The average Bonchev–Trinajstić information content (AvgIpc) is 2.65. The predicted molar refractivity (Wildman–Crippen MR) is 70.3 cm³/mol. The molecule has 98 valence electrons. The second-order valence-corrected chi connectivity index (χ2v) is 5.48. The molecule has 2 unspecified atom stereocenters. The normalized spacial score (nSPS) is 27.4. The molecule has 2 rings (SSSR count). The van der Waals surface area contributed by atoms with E-state index < -0.39 is 11.4 Å². The van der Waals surface area contributed by atoms with Crippen molar-refractivity contribution in [3.63, 3.8) is 0 Å². The van der Waals surface area contributed by atoms with E-state index in [-0.39, 0.29) is 6.10 Å². The van der Waals surface area contributed by atoms with Gasteiger partial charge in [0.05, 0.1) is 11.5 Å². The molecule has 0 spiro atoms. The Labute approximate surface area is 116 Å². The Morgan fingerprint density at radius 3 is 2.78 bits per heavy atom. The molecule has 1 aliphatic heterocycles. The van der Waals surface area contributed by atoms with Crippen molar-refractivity contribution in [2.45, 2.75) is 25.9 Å². The molecule has 0 bridgehead atoms. The summed E-state index contributed by atoms with van der Waals surface area (Å²) >= 11 is 11.9. The van der Waals surface area contributed by atoms with Gasteiger partial charge < -0.3 is 9.84 Å². The largest absolute Gasteiger partial charge is 0.481 e. The van der Waals surface area contributed by atoms with Gasteiger partial charge in [-0.3, -0.25) is 4.79 Å². The Kier molecular flexibility index (Phi) is 3.85. The van der Waals surface area contributed by atoms with Crippen LogP contribution in [0.2, 0.25) is 10.0 Å². The summed E-state index contributed by atoms with van der Waals surface area (Å²) in [6.45, 7) is 2.27. The molecule has 0 aliphatic carbocycles. The highest BCUT2D eigenvalue weighted by Crippen LogP contribution is 2.40. The first-order valence-electron chi connectivity index (χ1n) is 5.74. The molecule has 5 heteroatoms.